The number of aromatic nitrogens is 1. The van der Waals surface area contributed by atoms with Crippen molar-refractivity contribution in [3.63, 3.8) is 0 Å². The molecule has 0 atom stereocenters. The number of hydrogen-bond acceptors (Lipinski definition) is 4. The summed E-state index contributed by atoms with van der Waals surface area (Å²) >= 11 is 1.75. The van der Waals surface area contributed by atoms with Crippen molar-refractivity contribution >= 4 is 32.9 Å². The second-order valence-corrected chi connectivity index (χ2v) is 6.44. The number of nitrogens with zero attached hydrogens (tertiary/aromatic N) is 2. The zero-order chi connectivity index (χ0) is 14.8. The van der Waals surface area contributed by atoms with Crippen LogP contribution in [0.15, 0.2) is 42.5 Å². The van der Waals surface area contributed by atoms with Gasteiger partial charge in [-0.25, -0.2) is 4.98 Å². The molecule has 0 saturated heterocycles. The molecular weight excluding hydrogens is 278 g/mol. The second-order valence-electron chi connectivity index (χ2n) is 5.32. The van der Waals surface area contributed by atoms with E-state index in [0.29, 0.717) is 0 Å². The van der Waals surface area contributed by atoms with Crippen molar-refractivity contribution in [2.45, 2.75) is 13.5 Å². The molecule has 0 saturated carbocycles. The quantitative estimate of drug-likeness (QED) is 0.779. The number of hydrogen-bond donors (Lipinski definition) is 1. The third-order valence-corrected chi connectivity index (χ3v) is 4.51. The van der Waals surface area contributed by atoms with Gasteiger partial charge in [-0.05, 0) is 36.8 Å². The summed E-state index contributed by atoms with van der Waals surface area (Å²) in [6, 6.07) is 14.7. The SMILES string of the molecule is Cc1ccc(NCc2nc3ccccc3s2)cc1N(C)C. The summed E-state index contributed by atoms with van der Waals surface area (Å²) < 4.78 is 1.24. The summed E-state index contributed by atoms with van der Waals surface area (Å²) in [6.45, 7) is 2.89. The Hall–Kier alpha value is -2.07. The number of benzene rings is 2. The van der Waals surface area contributed by atoms with Crippen molar-refractivity contribution in [1.29, 1.82) is 0 Å². The Morgan fingerprint density at radius 3 is 2.71 bits per heavy atom. The highest BCUT2D eigenvalue weighted by atomic mass is 32.1. The molecule has 3 nitrogen and oxygen atoms in total. The van der Waals surface area contributed by atoms with E-state index in [4.69, 9.17) is 0 Å². The molecule has 108 valence electrons. The first-order chi connectivity index (χ1) is 10.1. The number of rotatable bonds is 4. The Morgan fingerprint density at radius 1 is 1.14 bits per heavy atom. The van der Waals surface area contributed by atoms with Crippen LogP contribution >= 0.6 is 11.3 Å². The van der Waals surface area contributed by atoms with Crippen molar-refractivity contribution in [2.24, 2.45) is 0 Å². The fraction of sp³-hybridized carbons (Fsp3) is 0.235. The Balaban J connectivity index is 1.76. The van der Waals surface area contributed by atoms with E-state index >= 15 is 0 Å². The van der Waals surface area contributed by atoms with Crippen molar-refractivity contribution < 1.29 is 0 Å². The number of thiazole rings is 1. The van der Waals surface area contributed by atoms with Gasteiger partial charge < -0.3 is 10.2 Å². The third kappa shape index (κ3) is 3.00. The molecule has 3 aromatic rings. The minimum absolute atomic E-state index is 0.759. The normalized spacial score (nSPS) is 10.8. The van der Waals surface area contributed by atoms with E-state index in [1.807, 2.05) is 6.07 Å². The van der Waals surface area contributed by atoms with E-state index in [0.717, 1.165) is 22.8 Å². The highest BCUT2D eigenvalue weighted by Crippen LogP contribution is 2.25. The first-order valence-corrected chi connectivity index (χ1v) is 7.81. The average molecular weight is 297 g/mol. The van der Waals surface area contributed by atoms with Gasteiger partial charge in [-0.3, -0.25) is 0 Å². The standard InChI is InChI=1S/C17H19N3S/c1-12-8-9-13(10-15(12)20(2)3)18-11-17-19-14-6-4-5-7-16(14)21-17/h4-10,18H,11H2,1-3H3. The summed E-state index contributed by atoms with van der Waals surface area (Å²) in [6.07, 6.45) is 0. The number of nitrogens with one attached hydrogen (secondary N) is 1. The molecule has 21 heavy (non-hydrogen) atoms. The predicted octanol–water partition coefficient (Wildman–Crippen LogP) is 4.28. The van der Waals surface area contributed by atoms with E-state index in [9.17, 15) is 0 Å². The van der Waals surface area contributed by atoms with E-state index in [-0.39, 0.29) is 0 Å². The molecule has 0 aliphatic rings. The lowest BCUT2D eigenvalue weighted by Gasteiger charge is -2.17. The molecule has 3 rings (SSSR count). The molecule has 0 aliphatic carbocycles. The Bertz CT molecular complexity index is 729. The minimum atomic E-state index is 0.759. The van der Waals surface area contributed by atoms with Crippen LogP contribution in [0.1, 0.15) is 10.6 Å². The van der Waals surface area contributed by atoms with Crippen LogP contribution in [0, 0.1) is 6.92 Å². The Kier molecular flexibility index (Phi) is 3.80. The summed E-state index contributed by atoms with van der Waals surface area (Å²) in [4.78, 5) is 6.79. The average Bonchev–Trinajstić information content (AvgIpc) is 2.89. The molecule has 2 aromatic carbocycles. The van der Waals surface area contributed by atoms with E-state index < -0.39 is 0 Å². The van der Waals surface area contributed by atoms with Gasteiger partial charge in [0.1, 0.15) is 5.01 Å². The van der Waals surface area contributed by atoms with Gasteiger partial charge in [0.25, 0.3) is 0 Å². The number of aryl methyl sites for hydroxylation is 1. The molecule has 0 fully saturated rings. The third-order valence-electron chi connectivity index (χ3n) is 3.47. The lowest BCUT2D eigenvalue weighted by molar-refractivity contribution is 1.10. The fourth-order valence-electron chi connectivity index (χ4n) is 2.37. The first-order valence-electron chi connectivity index (χ1n) is 7.00. The molecular formula is C17H19N3S. The summed E-state index contributed by atoms with van der Waals surface area (Å²) in [5.74, 6) is 0. The maximum Gasteiger partial charge on any atom is 0.113 e. The van der Waals surface area contributed by atoms with Gasteiger partial charge in [0, 0.05) is 25.5 Å². The molecule has 0 unspecified atom stereocenters. The summed E-state index contributed by atoms with van der Waals surface area (Å²) in [7, 11) is 4.14. The van der Waals surface area contributed by atoms with Crippen LogP contribution in [0.4, 0.5) is 11.4 Å². The highest BCUT2D eigenvalue weighted by Gasteiger charge is 2.05. The maximum absolute atomic E-state index is 4.65. The summed E-state index contributed by atoms with van der Waals surface area (Å²) in [5, 5.41) is 4.58. The topological polar surface area (TPSA) is 28.2 Å². The van der Waals surface area contributed by atoms with Gasteiger partial charge in [-0.2, -0.15) is 0 Å². The number of fused-ring (bicyclic) bond motifs is 1. The summed E-state index contributed by atoms with van der Waals surface area (Å²) in [5.41, 5.74) is 4.73. The van der Waals surface area contributed by atoms with Gasteiger partial charge >= 0.3 is 0 Å². The minimum Gasteiger partial charge on any atom is -0.378 e. The zero-order valence-electron chi connectivity index (χ0n) is 12.6. The van der Waals surface area contributed by atoms with E-state index in [1.54, 1.807) is 11.3 Å². The van der Waals surface area contributed by atoms with Gasteiger partial charge in [0.2, 0.25) is 0 Å². The van der Waals surface area contributed by atoms with Gasteiger partial charge in [-0.15, -0.1) is 11.3 Å². The number of para-hydroxylation sites is 1. The van der Waals surface area contributed by atoms with Crippen LogP contribution in [0.5, 0.6) is 0 Å². The molecule has 0 bridgehead atoms. The highest BCUT2D eigenvalue weighted by molar-refractivity contribution is 7.18. The molecule has 0 spiro atoms. The molecule has 1 heterocycles. The largest absolute Gasteiger partial charge is 0.378 e. The fourth-order valence-corrected chi connectivity index (χ4v) is 3.28. The van der Waals surface area contributed by atoms with E-state index in [2.05, 4.69) is 72.6 Å². The molecule has 4 heteroatoms. The van der Waals surface area contributed by atoms with E-state index in [1.165, 1.54) is 16.0 Å². The van der Waals surface area contributed by atoms with Crippen LogP contribution < -0.4 is 10.2 Å². The Morgan fingerprint density at radius 2 is 1.95 bits per heavy atom. The van der Waals surface area contributed by atoms with Gasteiger partial charge in [-0.1, -0.05) is 18.2 Å². The smallest absolute Gasteiger partial charge is 0.113 e. The predicted molar refractivity (Wildman–Crippen MR) is 92.5 cm³/mol. The van der Waals surface area contributed by atoms with Crippen LogP contribution in [0.3, 0.4) is 0 Å². The van der Waals surface area contributed by atoms with Crippen molar-refractivity contribution in [2.75, 3.05) is 24.3 Å². The number of anilines is 2. The van der Waals surface area contributed by atoms with Gasteiger partial charge in [0.15, 0.2) is 0 Å². The van der Waals surface area contributed by atoms with Crippen molar-refractivity contribution in [3.8, 4) is 0 Å². The van der Waals surface area contributed by atoms with Crippen LogP contribution in [0.2, 0.25) is 0 Å². The first kappa shape index (κ1) is 13.9. The lowest BCUT2D eigenvalue weighted by Crippen LogP contribution is -2.10. The van der Waals surface area contributed by atoms with Crippen LogP contribution in [-0.2, 0) is 6.54 Å². The maximum atomic E-state index is 4.65. The molecule has 0 aliphatic heterocycles. The second kappa shape index (κ2) is 5.74. The van der Waals surface area contributed by atoms with Crippen molar-refractivity contribution in [1.82, 2.24) is 4.98 Å². The monoisotopic (exact) mass is 297 g/mol. The lowest BCUT2D eigenvalue weighted by atomic mass is 10.1. The molecule has 0 radical (unpaired) electrons. The van der Waals surface area contributed by atoms with Crippen LogP contribution in [-0.4, -0.2) is 19.1 Å². The molecule has 1 aromatic heterocycles. The molecule has 0 amide bonds. The van der Waals surface area contributed by atoms with Crippen molar-refractivity contribution in [3.05, 3.63) is 53.0 Å². The Labute approximate surface area is 129 Å². The van der Waals surface area contributed by atoms with Crippen LogP contribution in [0.25, 0.3) is 10.2 Å². The molecule has 1 N–H and O–H groups in total. The van der Waals surface area contributed by atoms with Gasteiger partial charge in [0.05, 0.1) is 16.8 Å². The zero-order valence-corrected chi connectivity index (χ0v) is 13.4.